The van der Waals surface area contributed by atoms with Crippen LogP contribution in [0.5, 0.6) is 5.75 Å². The second-order valence-corrected chi connectivity index (χ2v) is 8.58. The summed E-state index contributed by atoms with van der Waals surface area (Å²) in [4.78, 5) is 6.67. The zero-order valence-corrected chi connectivity index (χ0v) is 22.0. The molecule has 0 unspecified atom stereocenters. The Morgan fingerprint density at radius 3 is 1.35 bits per heavy atom. The van der Waals surface area contributed by atoms with Crippen molar-refractivity contribution in [1.29, 1.82) is 0 Å². The second kappa shape index (κ2) is 14.4. The lowest BCUT2D eigenvalue weighted by molar-refractivity contribution is 0.306. The lowest BCUT2D eigenvalue weighted by Crippen LogP contribution is -1.96. The van der Waals surface area contributed by atoms with E-state index in [9.17, 15) is 0 Å². The van der Waals surface area contributed by atoms with Crippen LogP contribution in [0.2, 0.25) is 0 Å². The van der Waals surface area contributed by atoms with E-state index in [0.29, 0.717) is 34.1 Å². The average Bonchev–Trinajstić information content (AvgIpc) is 3.01. The summed E-state index contributed by atoms with van der Waals surface area (Å²) in [6.45, 7) is 17.2. The van der Waals surface area contributed by atoms with Gasteiger partial charge in [-0.15, -0.1) is 0 Å². The molecule has 0 saturated heterocycles. The number of hydrogen-bond donors (Lipinski definition) is 0. The smallest absolute Gasteiger partial charge is 0.196 e. The van der Waals surface area contributed by atoms with Crippen LogP contribution in [0.25, 0.3) is 9.69 Å². The molecule has 0 N–H and O–H groups in total. The Bertz CT molecular complexity index is 1580. The standard InChI is InChI=1S/C31H26N8O/c1-4-5-6-21-40-29-18-15-27(16-19-29)37-36-25-9-7-23(8-10-25)34-35-24-11-13-26(14-12-24)38-39-28-17-20-30(32-2)31(22-28)33-3/h7-20,22H,4-6,21H2,1H3. The number of hydrogen-bond acceptors (Lipinski definition) is 7. The van der Waals surface area contributed by atoms with E-state index >= 15 is 0 Å². The summed E-state index contributed by atoms with van der Waals surface area (Å²) in [5.41, 5.74) is 4.49. The molecular formula is C31H26N8O. The lowest BCUT2D eigenvalue weighted by atomic mass is 10.2. The van der Waals surface area contributed by atoms with Gasteiger partial charge in [-0.05, 0) is 91.3 Å². The van der Waals surface area contributed by atoms with Crippen LogP contribution >= 0.6 is 0 Å². The van der Waals surface area contributed by atoms with Crippen LogP contribution in [-0.4, -0.2) is 6.61 Å². The largest absolute Gasteiger partial charge is 0.494 e. The Hall–Kier alpha value is -5.54. The van der Waals surface area contributed by atoms with Gasteiger partial charge in [-0.2, -0.15) is 30.7 Å². The van der Waals surface area contributed by atoms with Gasteiger partial charge in [0.15, 0.2) is 11.4 Å². The number of nitrogens with zero attached hydrogens (tertiary/aromatic N) is 8. The van der Waals surface area contributed by atoms with Crippen molar-refractivity contribution >= 4 is 45.5 Å². The van der Waals surface area contributed by atoms with Crippen molar-refractivity contribution in [2.24, 2.45) is 30.7 Å². The third kappa shape index (κ3) is 8.23. The number of benzene rings is 4. The van der Waals surface area contributed by atoms with Crippen LogP contribution in [0.15, 0.2) is 122 Å². The number of unbranched alkanes of at least 4 members (excludes halogenated alkanes) is 2. The molecule has 0 radical (unpaired) electrons. The van der Waals surface area contributed by atoms with Crippen LogP contribution in [0.3, 0.4) is 0 Å². The highest BCUT2D eigenvalue weighted by Crippen LogP contribution is 2.33. The van der Waals surface area contributed by atoms with E-state index in [1.165, 1.54) is 12.8 Å². The molecule has 0 atom stereocenters. The highest BCUT2D eigenvalue weighted by Gasteiger charge is 2.03. The van der Waals surface area contributed by atoms with E-state index in [1.807, 2.05) is 48.5 Å². The molecule has 4 rings (SSSR count). The van der Waals surface area contributed by atoms with Gasteiger partial charge in [0.05, 0.1) is 53.9 Å². The van der Waals surface area contributed by atoms with Crippen molar-refractivity contribution in [3.63, 3.8) is 0 Å². The molecule has 0 bridgehead atoms. The number of azo groups is 3. The van der Waals surface area contributed by atoms with Gasteiger partial charge in [0.25, 0.3) is 0 Å². The van der Waals surface area contributed by atoms with E-state index in [4.69, 9.17) is 17.9 Å². The molecular weight excluding hydrogens is 500 g/mol. The zero-order chi connectivity index (χ0) is 28.0. The molecule has 9 heteroatoms. The monoisotopic (exact) mass is 526 g/mol. The van der Waals surface area contributed by atoms with Crippen LogP contribution < -0.4 is 4.74 Å². The first-order valence-corrected chi connectivity index (χ1v) is 12.7. The van der Waals surface area contributed by atoms with Crippen molar-refractivity contribution in [3.8, 4) is 5.75 Å². The molecule has 0 aliphatic heterocycles. The first-order chi connectivity index (χ1) is 19.7. The first kappa shape index (κ1) is 27.5. The molecule has 0 amide bonds. The predicted molar refractivity (Wildman–Crippen MR) is 156 cm³/mol. The highest BCUT2D eigenvalue weighted by atomic mass is 16.5. The third-order valence-corrected chi connectivity index (χ3v) is 5.60. The van der Waals surface area contributed by atoms with Crippen molar-refractivity contribution in [3.05, 3.63) is 114 Å². The molecule has 0 aliphatic rings. The molecule has 4 aromatic carbocycles. The van der Waals surface area contributed by atoms with Gasteiger partial charge in [-0.25, -0.2) is 0 Å². The SMILES string of the molecule is [C-]#[N+]c1ccc(N=Nc2ccc(N=Nc3ccc(N=Nc4ccc(OCCCCC)cc4)cc3)cc2)cc1[N+]#[C-]. The van der Waals surface area contributed by atoms with E-state index in [0.717, 1.165) is 24.5 Å². The van der Waals surface area contributed by atoms with Crippen molar-refractivity contribution < 1.29 is 4.74 Å². The second-order valence-electron chi connectivity index (χ2n) is 8.58. The predicted octanol–water partition coefficient (Wildman–Crippen LogP) is 11.6. The molecule has 0 spiro atoms. The van der Waals surface area contributed by atoms with E-state index < -0.39 is 0 Å². The topological polar surface area (TPSA) is 92.1 Å². The van der Waals surface area contributed by atoms with Gasteiger partial charge in [0.2, 0.25) is 0 Å². The van der Waals surface area contributed by atoms with Crippen LogP contribution in [-0.2, 0) is 0 Å². The highest BCUT2D eigenvalue weighted by molar-refractivity contribution is 5.74. The van der Waals surface area contributed by atoms with Gasteiger partial charge in [0.1, 0.15) is 5.75 Å². The summed E-state index contributed by atoms with van der Waals surface area (Å²) in [5, 5.41) is 25.4. The van der Waals surface area contributed by atoms with Gasteiger partial charge in [-0.1, -0.05) is 25.8 Å². The van der Waals surface area contributed by atoms with Crippen molar-refractivity contribution in [2.75, 3.05) is 6.61 Å². The minimum absolute atomic E-state index is 0.256. The van der Waals surface area contributed by atoms with Crippen LogP contribution in [0, 0.1) is 13.1 Å². The molecule has 9 nitrogen and oxygen atoms in total. The average molecular weight is 527 g/mol. The Balaban J connectivity index is 1.29. The maximum absolute atomic E-state index is 7.18. The summed E-state index contributed by atoms with van der Waals surface area (Å²) >= 11 is 0. The van der Waals surface area contributed by atoms with Gasteiger partial charge in [0, 0.05) is 0 Å². The van der Waals surface area contributed by atoms with Crippen LogP contribution in [0.4, 0.5) is 45.5 Å². The minimum atomic E-state index is 0.256. The molecule has 196 valence electrons. The molecule has 4 aromatic rings. The molecule has 0 aromatic heterocycles. The molecule has 0 fully saturated rings. The zero-order valence-electron chi connectivity index (χ0n) is 22.0. The van der Waals surface area contributed by atoms with E-state index in [2.05, 4.69) is 47.3 Å². The summed E-state index contributed by atoms with van der Waals surface area (Å²) in [6.07, 6.45) is 3.40. The fourth-order valence-corrected chi connectivity index (χ4v) is 3.43. The Morgan fingerprint density at radius 1 is 0.525 bits per heavy atom. The molecule has 40 heavy (non-hydrogen) atoms. The van der Waals surface area contributed by atoms with Crippen molar-refractivity contribution in [1.82, 2.24) is 0 Å². The van der Waals surface area contributed by atoms with Gasteiger partial charge >= 0.3 is 0 Å². The van der Waals surface area contributed by atoms with Crippen LogP contribution in [0.1, 0.15) is 26.2 Å². The maximum Gasteiger partial charge on any atom is 0.196 e. The van der Waals surface area contributed by atoms with E-state index in [1.54, 1.807) is 42.5 Å². The summed E-state index contributed by atoms with van der Waals surface area (Å²) in [7, 11) is 0. The Morgan fingerprint density at radius 2 is 0.925 bits per heavy atom. The van der Waals surface area contributed by atoms with Gasteiger partial charge in [-0.3, -0.25) is 9.69 Å². The van der Waals surface area contributed by atoms with Gasteiger partial charge < -0.3 is 4.74 Å². The fraction of sp³-hybridized carbons (Fsp3) is 0.161. The lowest BCUT2D eigenvalue weighted by Gasteiger charge is -2.05. The number of rotatable bonds is 11. The molecule has 0 heterocycles. The summed E-state index contributed by atoms with van der Waals surface area (Å²) in [5.74, 6) is 0.837. The first-order valence-electron chi connectivity index (χ1n) is 12.7. The molecule has 0 aliphatic carbocycles. The fourth-order valence-electron chi connectivity index (χ4n) is 3.43. The Labute approximate surface area is 233 Å². The minimum Gasteiger partial charge on any atom is -0.494 e. The van der Waals surface area contributed by atoms with E-state index in [-0.39, 0.29) is 5.69 Å². The quantitative estimate of drug-likeness (QED) is 0.108. The Kier molecular flexibility index (Phi) is 9.91. The third-order valence-electron chi connectivity index (χ3n) is 5.60. The maximum atomic E-state index is 7.18. The number of ether oxygens (including phenoxy) is 1. The summed E-state index contributed by atoms with van der Waals surface area (Å²) in [6, 6.07) is 26.8. The summed E-state index contributed by atoms with van der Waals surface area (Å²) < 4.78 is 5.72. The molecule has 0 saturated carbocycles. The normalized spacial score (nSPS) is 11.2. The van der Waals surface area contributed by atoms with Crippen molar-refractivity contribution in [2.45, 2.75) is 26.2 Å².